The quantitative estimate of drug-likeness (QED) is 0.897. The van der Waals surface area contributed by atoms with Crippen LogP contribution in [0.25, 0.3) is 0 Å². The van der Waals surface area contributed by atoms with Crippen molar-refractivity contribution in [2.75, 3.05) is 32.1 Å². The zero-order chi connectivity index (χ0) is 14.4. The average Bonchev–Trinajstić information content (AvgIpc) is 2.47. The van der Waals surface area contributed by atoms with Crippen LogP contribution in [0, 0.1) is 0 Å². The lowest BCUT2D eigenvalue weighted by atomic mass is 10.0. The van der Waals surface area contributed by atoms with Crippen molar-refractivity contribution in [1.82, 2.24) is 4.90 Å². The van der Waals surface area contributed by atoms with Gasteiger partial charge in [-0.1, -0.05) is 18.2 Å². The van der Waals surface area contributed by atoms with E-state index in [0.717, 1.165) is 39.0 Å². The van der Waals surface area contributed by atoms with E-state index >= 15 is 0 Å². The lowest BCUT2D eigenvalue weighted by molar-refractivity contribution is -0.129. The number of carbonyl (C=O) groups is 1. The van der Waals surface area contributed by atoms with Gasteiger partial charge in [-0.15, -0.1) is 0 Å². The first kappa shape index (κ1) is 14.9. The number of anilines is 1. The summed E-state index contributed by atoms with van der Waals surface area (Å²) in [5.74, 6) is 0.184. The lowest BCUT2D eigenvalue weighted by Gasteiger charge is -2.32. The number of hydrogen-bond acceptors (Lipinski definition) is 3. The van der Waals surface area contributed by atoms with E-state index in [4.69, 9.17) is 4.74 Å². The van der Waals surface area contributed by atoms with Crippen LogP contribution in [-0.4, -0.2) is 43.7 Å². The monoisotopic (exact) mass is 276 g/mol. The SMILES string of the molecule is COCCc1ccccc1NC1CCN(C(C)=O)CC1. The molecule has 4 heteroatoms. The molecule has 110 valence electrons. The number of para-hydroxylation sites is 1. The smallest absolute Gasteiger partial charge is 0.219 e. The molecule has 1 saturated heterocycles. The molecule has 1 aromatic rings. The molecular formula is C16H24N2O2. The molecule has 1 N–H and O–H groups in total. The third kappa shape index (κ3) is 3.97. The summed E-state index contributed by atoms with van der Waals surface area (Å²) in [6.45, 7) is 4.09. The molecule has 0 radical (unpaired) electrons. The maximum absolute atomic E-state index is 11.3. The molecule has 0 spiro atoms. The Labute approximate surface area is 121 Å². The van der Waals surface area contributed by atoms with Crippen molar-refractivity contribution in [3.05, 3.63) is 29.8 Å². The lowest BCUT2D eigenvalue weighted by Crippen LogP contribution is -2.41. The zero-order valence-corrected chi connectivity index (χ0v) is 12.4. The molecule has 1 fully saturated rings. The van der Waals surface area contributed by atoms with Gasteiger partial charge >= 0.3 is 0 Å². The number of amides is 1. The Bertz CT molecular complexity index is 440. The molecule has 1 amide bonds. The third-order valence-electron chi connectivity index (χ3n) is 3.89. The maximum Gasteiger partial charge on any atom is 0.219 e. The van der Waals surface area contributed by atoms with E-state index in [9.17, 15) is 4.79 Å². The largest absolute Gasteiger partial charge is 0.384 e. The maximum atomic E-state index is 11.3. The fourth-order valence-corrected chi connectivity index (χ4v) is 2.65. The summed E-state index contributed by atoms with van der Waals surface area (Å²) in [5, 5.41) is 3.62. The van der Waals surface area contributed by atoms with E-state index in [2.05, 4.69) is 29.6 Å². The molecule has 1 aromatic carbocycles. The van der Waals surface area contributed by atoms with Gasteiger partial charge in [0.1, 0.15) is 0 Å². The predicted octanol–water partition coefficient (Wildman–Crippen LogP) is 2.30. The minimum absolute atomic E-state index is 0.184. The Morgan fingerprint density at radius 1 is 1.35 bits per heavy atom. The molecule has 1 aliphatic rings. The molecule has 2 rings (SSSR count). The molecule has 20 heavy (non-hydrogen) atoms. The summed E-state index contributed by atoms with van der Waals surface area (Å²) in [4.78, 5) is 13.3. The van der Waals surface area contributed by atoms with E-state index in [1.165, 1.54) is 11.3 Å². The second kappa shape index (κ2) is 7.29. The number of nitrogens with zero attached hydrogens (tertiary/aromatic N) is 1. The van der Waals surface area contributed by atoms with Crippen LogP contribution in [0.4, 0.5) is 5.69 Å². The second-order valence-corrected chi connectivity index (χ2v) is 5.32. The normalized spacial score (nSPS) is 16.2. The molecule has 0 saturated carbocycles. The van der Waals surface area contributed by atoms with Gasteiger partial charge < -0.3 is 15.0 Å². The highest BCUT2D eigenvalue weighted by molar-refractivity contribution is 5.73. The number of hydrogen-bond donors (Lipinski definition) is 1. The Morgan fingerprint density at radius 3 is 2.70 bits per heavy atom. The van der Waals surface area contributed by atoms with Crippen LogP contribution in [-0.2, 0) is 16.0 Å². The molecule has 4 nitrogen and oxygen atoms in total. The van der Waals surface area contributed by atoms with Crippen LogP contribution in [0.2, 0.25) is 0 Å². The number of rotatable bonds is 5. The van der Waals surface area contributed by atoms with Crippen LogP contribution in [0.1, 0.15) is 25.3 Å². The predicted molar refractivity (Wildman–Crippen MR) is 80.9 cm³/mol. The summed E-state index contributed by atoms with van der Waals surface area (Å²) in [5.41, 5.74) is 2.49. The van der Waals surface area contributed by atoms with Crippen LogP contribution < -0.4 is 5.32 Å². The number of ether oxygens (including phenoxy) is 1. The van der Waals surface area contributed by atoms with Crippen LogP contribution in [0.3, 0.4) is 0 Å². The fourth-order valence-electron chi connectivity index (χ4n) is 2.65. The molecule has 0 aromatic heterocycles. The van der Waals surface area contributed by atoms with Crippen LogP contribution in [0.5, 0.6) is 0 Å². The van der Waals surface area contributed by atoms with Gasteiger partial charge in [0.2, 0.25) is 5.91 Å². The van der Waals surface area contributed by atoms with Crippen LogP contribution >= 0.6 is 0 Å². The van der Waals surface area contributed by atoms with E-state index in [1.807, 2.05) is 4.90 Å². The first-order chi connectivity index (χ1) is 9.70. The molecule has 1 heterocycles. The van der Waals surface area contributed by atoms with Crippen LogP contribution in [0.15, 0.2) is 24.3 Å². The molecular weight excluding hydrogens is 252 g/mol. The summed E-state index contributed by atoms with van der Waals surface area (Å²) in [6.07, 6.45) is 2.95. The summed E-state index contributed by atoms with van der Waals surface area (Å²) in [6, 6.07) is 8.85. The van der Waals surface area contributed by atoms with Crippen molar-refractivity contribution in [1.29, 1.82) is 0 Å². The third-order valence-corrected chi connectivity index (χ3v) is 3.89. The summed E-state index contributed by atoms with van der Waals surface area (Å²) in [7, 11) is 1.73. The zero-order valence-electron chi connectivity index (χ0n) is 12.4. The summed E-state index contributed by atoms with van der Waals surface area (Å²) >= 11 is 0. The van der Waals surface area contributed by atoms with Crippen molar-refractivity contribution in [2.45, 2.75) is 32.2 Å². The minimum atomic E-state index is 0.184. The Morgan fingerprint density at radius 2 is 2.05 bits per heavy atom. The number of methoxy groups -OCH3 is 1. The first-order valence-electron chi connectivity index (χ1n) is 7.29. The van der Waals surface area contributed by atoms with E-state index in [0.29, 0.717) is 6.04 Å². The van der Waals surface area contributed by atoms with E-state index in [-0.39, 0.29) is 5.91 Å². The van der Waals surface area contributed by atoms with Gasteiger partial charge in [0.25, 0.3) is 0 Å². The average molecular weight is 276 g/mol. The van der Waals surface area contributed by atoms with Gasteiger partial charge in [-0.25, -0.2) is 0 Å². The van der Waals surface area contributed by atoms with Gasteiger partial charge in [-0.2, -0.15) is 0 Å². The highest BCUT2D eigenvalue weighted by Crippen LogP contribution is 2.21. The van der Waals surface area contributed by atoms with Gasteiger partial charge in [0, 0.05) is 38.9 Å². The Balaban J connectivity index is 1.92. The molecule has 0 atom stereocenters. The Kier molecular flexibility index (Phi) is 5.41. The molecule has 1 aliphatic heterocycles. The number of carbonyl (C=O) groups excluding carboxylic acids is 1. The van der Waals surface area contributed by atoms with Gasteiger partial charge in [-0.3, -0.25) is 4.79 Å². The molecule has 0 aliphatic carbocycles. The first-order valence-corrected chi connectivity index (χ1v) is 7.29. The van der Waals surface area contributed by atoms with Crippen molar-refractivity contribution < 1.29 is 9.53 Å². The minimum Gasteiger partial charge on any atom is -0.384 e. The van der Waals surface area contributed by atoms with Crippen molar-refractivity contribution in [3.8, 4) is 0 Å². The molecule has 0 unspecified atom stereocenters. The van der Waals surface area contributed by atoms with Gasteiger partial charge in [-0.05, 0) is 30.9 Å². The number of piperidine rings is 1. The van der Waals surface area contributed by atoms with E-state index < -0.39 is 0 Å². The second-order valence-electron chi connectivity index (χ2n) is 5.32. The topological polar surface area (TPSA) is 41.6 Å². The number of likely N-dealkylation sites (tertiary alicyclic amines) is 1. The number of nitrogens with one attached hydrogen (secondary N) is 1. The van der Waals surface area contributed by atoms with Gasteiger partial charge in [0.15, 0.2) is 0 Å². The number of benzene rings is 1. The van der Waals surface area contributed by atoms with Crippen molar-refractivity contribution in [3.63, 3.8) is 0 Å². The van der Waals surface area contributed by atoms with Crippen molar-refractivity contribution >= 4 is 11.6 Å². The standard InChI is InChI=1S/C16H24N2O2/c1-13(19)18-10-7-15(8-11-18)17-16-6-4-3-5-14(16)9-12-20-2/h3-6,15,17H,7-12H2,1-2H3. The van der Waals surface area contributed by atoms with Crippen molar-refractivity contribution in [2.24, 2.45) is 0 Å². The highest BCUT2D eigenvalue weighted by atomic mass is 16.5. The van der Waals surface area contributed by atoms with E-state index in [1.54, 1.807) is 14.0 Å². The Hall–Kier alpha value is -1.55. The molecule has 0 bridgehead atoms. The fraction of sp³-hybridized carbons (Fsp3) is 0.562. The highest BCUT2D eigenvalue weighted by Gasteiger charge is 2.20. The van der Waals surface area contributed by atoms with Gasteiger partial charge in [0.05, 0.1) is 6.61 Å². The summed E-state index contributed by atoms with van der Waals surface area (Å²) < 4.78 is 5.16.